The summed E-state index contributed by atoms with van der Waals surface area (Å²) in [7, 11) is 0. The summed E-state index contributed by atoms with van der Waals surface area (Å²) in [6.07, 6.45) is 3.73. The van der Waals surface area contributed by atoms with E-state index in [-0.39, 0.29) is 6.61 Å². The molecule has 0 bridgehead atoms. The molecule has 0 amide bonds. The van der Waals surface area contributed by atoms with E-state index in [1.165, 1.54) is 36.1 Å². The van der Waals surface area contributed by atoms with Crippen LogP contribution in [0.15, 0.2) is 48.5 Å². The third kappa shape index (κ3) is 4.43. The average Bonchev–Trinajstić information content (AvgIpc) is 3.10. The Morgan fingerprint density at radius 2 is 1.45 bits per heavy atom. The van der Waals surface area contributed by atoms with Gasteiger partial charge in [-0.05, 0) is 48.1 Å². The molecule has 0 unspecified atom stereocenters. The van der Waals surface area contributed by atoms with E-state index in [1.807, 2.05) is 26.0 Å². The number of hydrogen-bond acceptors (Lipinski definition) is 2. The molecule has 2 N–H and O–H groups in total. The molecule has 0 aliphatic carbocycles. The van der Waals surface area contributed by atoms with Crippen molar-refractivity contribution < 1.29 is 5.11 Å². The van der Waals surface area contributed by atoms with Gasteiger partial charge in [-0.1, -0.05) is 62.4 Å². The third-order valence-corrected chi connectivity index (χ3v) is 4.07. The molecule has 1 saturated heterocycles. The van der Waals surface area contributed by atoms with Crippen LogP contribution in [0.25, 0.3) is 11.1 Å². The van der Waals surface area contributed by atoms with Crippen LogP contribution >= 0.6 is 0 Å². The van der Waals surface area contributed by atoms with Crippen LogP contribution in [-0.4, -0.2) is 17.7 Å². The topological polar surface area (TPSA) is 32.3 Å². The Labute approximate surface area is 134 Å². The molecule has 1 aliphatic rings. The van der Waals surface area contributed by atoms with Crippen molar-refractivity contribution in [3.05, 3.63) is 59.7 Å². The standard InChI is InChI=1S/C18H21NO.C2H6/c20-13-15-5-9-17(10-6-15)16-7-3-14(4-8-16)12-18-2-1-11-19-18;1-2/h3-10,18-20H,1-2,11-13H2;1-2H3/t18-;/m0./s1. The second-order valence-electron chi connectivity index (χ2n) is 5.55. The van der Waals surface area contributed by atoms with Crippen LogP contribution in [0.5, 0.6) is 0 Å². The van der Waals surface area contributed by atoms with Gasteiger partial charge in [0, 0.05) is 6.04 Å². The molecule has 0 aromatic heterocycles. The number of benzene rings is 2. The van der Waals surface area contributed by atoms with Gasteiger partial charge in [0.2, 0.25) is 0 Å². The second kappa shape index (κ2) is 8.72. The second-order valence-corrected chi connectivity index (χ2v) is 5.55. The van der Waals surface area contributed by atoms with Gasteiger partial charge in [0.1, 0.15) is 0 Å². The molecule has 2 heteroatoms. The van der Waals surface area contributed by atoms with Gasteiger partial charge in [0.25, 0.3) is 0 Å². The van der Waals surface area contributed by atoms with Gasteiger partial charge in [0.05, 0.1) is 6.61 Å². The third-order valence-electron chi connectivity index (χ3n) is 4.07. The van der Waals surface area contributed by atoms with Gasteiger partial charge in [-0.25, -0.2) is 0 Å². The normalized spacial score (nSPS) is 17.0. The van der Waals surface area contributed by atoms with E-state index in [4.69, 9.17) is 5.11 Å². The van der Waals surface area contributed by atoms with Crippen molar-refractivity contribution in [1.82, 2.24) is 5.32 Å². The van der Waals surface area contributed by atoms with Gasteiger partial charge in [-0.15, -0.1) is 0 Å². The van der Waals surface area contributed by atoms with E-state index in [0.29, 0.717) is 6.04 Å². The quantitative estimate of drug-likeness (QED) is 0.888. The summed E-state index contributed by atoms with van der Waals surface area (Å²) in [5.41, 5.74) is 4.79. The Morgan fingerprint density at radius 1 is 0.909 bits per heavy atom. The van der Waals surface area contributed by atoms with E-state index >= 15 is 0 Å². The molecule has 0 spiro atoms. The first kappa shape index (κ1) is 16.7. The highest BCUT2D eigenvalue weighted by atomic mass is 16.3. The summed E-state index contributed by atoms with van der Waals surface area (Å²) in [6, 6.07) is 17.6. The van der Waals surface area contributed by atoms with E-state index in [1.54, 1.807) is 0 Å². The lowest BCUT2D eigenvalue weighted by Crippen LogP contribution is -2.23. The number of rotatable bonds is 4. The lowest BCUT2D eigenvalue weighted by atomic mass is 9.99. The van der Waals surface area contributed by atoms with Gasteiger partial charge < -0.3 is 10.4 Å². The molecule has 1 aliphatic heterocycles. The van der Waals surface area contributed by atoms with Crippen LogP contribution in [0.3, 0.4) is 0 Å². The summed E-state index contributed by atoms with van der Waals surface area (Å²) < 4.78 is 0. The largest absolute Gasteiger partial charge is 0.392 e. The van der Waals surface area contributed by atoms with Crippen LogP contribution in [0.4, 0.5) is 0 Å². The molecule has 22 heavy (non-hydrogen) atoms. The smallest absolute Gasteiger partial charge is 0.0681 e. The summed E-state index contributed by atoms with van der Waals surface area (Å²) >= 11 is 0. The van der Waals surface area contributed by atoms with Crippen molar-refractivity contribution in [1.29, 1.82) is 0 Å². The van der Waals surface area contributed by atoms with Crippen LogP contribution in [0.1, 0.15) is 37.8 Å². The summed E-state index contributed by atoms with van der Waals surface area (Å²) in [5.74, 6) is 0. The first-order valence-corrected chi connectivity index (χ1v) is 8.37. The van der Waals surface area contributed by atoms with Crippen molar-refractivity contribution in [2.24, 2.45) is 0 Å². The predicted octanol–water partition coefficient (Wildman–Crippen LogP) is 4.17. The molecule has 1 heterocycles. The van der Waals surface area contributed by atoms with Crippen molar-refractivity contribution >= 4 is 0 Å². The molecule has 0 saturated carbocycles. The number of nitrogens with one attached hydrogen (secondary N) is 1. The van der Waals surface area contributed by atoms with Crippen molar-refractivity contribution in [3.8, 4) is 11.1 Å². The number of aliphatic hydroxyl groups excluding tert-OH is 1. The van der Waals surface area contributed by atoms with Crippen LogP contribution < -0.4 is 5.32 Å². The van der Waals surface area contributed by atoms with Crippen LogP contribution in [0.2, 0.25) is 0 Å². The van der Waals surface area contributed by atoms with Gasteiger partial charge in [-0.3, -0.25) is 0 Å². The zero-order valence-corrected chi connectivity index (χ0v) is 13.7. The lowest BCUT2D eigenvalue weighted by molar-refractivity contribution is 0.282. The highest BCUT2D eigenvalue weighted by Crippen LogP contribution is 2.21. The molecule has 118 valence electrons. The SMILES string of the molecule is CC.OCc1ccc(-c2ccc(C[C@@H]3CCCN3)cc2)cc1. The van der Waals surface area contributed by atoms with E-state index in [9.17, 15) is 0 Å². The first-order valence-electron chi connectivity index (χ1n) is 8.37. The zero-order chi connectivity index (χ0) is 15.8. The van der Waals surface area contributed by atoms with Crippen LogP contribution in [-0.2, 0) is 13.0 Å². The minimum absolute atomic E-state index is 0.105. The van der Waals surface area contributed by atoms with E-state index in [0.717, 1.165) is 12.0 Å². The minimum Gasteiger partial charge on any atom is -0.392 e. The maximum Gasteiger partial charge on any atom is 0.0681 e. The lowest BCUT2D eigenvalue weighted by Gasteiger charge is -2.10. The Balaban J connectivity index is 0.000000847. The molecule has 2 aromatic rings. The summed E-state index contributed by atoms with van der Waals surface area (Å²) in [5, 5.41) is 12.6. The van der Waals surface area contributed by atoms with Gasteiger partial charge >= 0.3 is 0 Å². The van der Waals surface area contributed by atoms with E-state index in [2.05, 4.69) is 41.7 Å². The molecule has 1 fully saturated rings. The minimum atomic E-state index is 0.105. The fraction of sp³-hybridized carbons (Fsp3) is 0.400. The highest BCUT2D eigenvalue weighted by Gasteiger charge is 2.14. The zero-order valence-electron chi connectivity index (χ0n) is 13.7. The number of aliphatic hydroxyl groups is 1. The molecule has 2 nitrogen and oxygen atoms in total. The maximum atomic E-state index is 9.07. The van der Waals surface area contributed by atoms with Crippen molar-refractivity contribution in [3.63, 3.8) is 0 Å². The average molecular weight is 297 g/mol. The van der Waals surface area contributed by atoms with Crippen molar-refractivity contribution in [2.75, 3.05) is 6.54 Å². The summed E-state index contributed by atoms with van der Waals surface area (Å²) in [4.78, 5) is 0. The summed E-state index contributed by atoms with van der Waals surface area (Å²) in [6.45, 7) is 5.27. The van der Waals surface area contributed by atoms with Crippen LogP contribution in [0, 0.1) is 0 Å². The Bertz CT molecular complexity index is 539. The molecular weight excluding hydrogens is 270 g/mol. The molecule has 2 aromatic carbocycles. The maximum absolute atomic E-state index is 9.07. The highest BCUT2D eigenvalue weighted by molar-refractivity contribution is 5.63. The van der Waals surface area contributed by atoms with Gasteiger partial charge in [0.15, 0.2) is 0 Å². The molecular formula is C20H27NO. The molecule has 0 radical (unpaired) electrons. The van der Waals surface area contributed by atoms with E-state index < -0.39 is 0 Å². The Kier molecular flexibility index (Phi) is 6.63. The number of hydrogen-bond donors (Lipinski definition) is 2. The monoisotopic (exact) mass is 297 g/mol. The fourth-order valence-electron chi connectivity index (χ4n) is 2.85. The molecule has 1 atom stereocenters. The first-order chi connectivity index (χ1) is 10.8. The predicted molar refractivity (Wildman–Crippen MR) is 93.9 cm³/mol. The Morgan fingerprint density at radius 3 is 1.91 bits per heavy atom. The Hall–Kier alpha value is -1.64. The van der Waals surface area contributed by atoms with Gasteiger partial charge in [-0.2, -0.15) is 0 Å². The molecule has 3 rings (SSSR count). The van der Waals surface area contributed by atoms with Crippen molar-refractivity contribution in [2.45, 2.75) is 45.8 Å². The fourth-order valence-corrected chi connectivity index (χ4v) is 2.85.